The lowest BCUT2D eigenvalue weighted by molar-refractivity contribution is 0.182. The minimum Gasteiger partial charge on any atom is -0.300 e. The molecule has 4 nitrogen and oxygen atoms in total. The highest BCUT2D eigenvalue weighted by Crippen LogP contribution is 2.31. The molecule has 1 heterocycles. The lowest BCUT2D eigenvalue weighted by Crippen LogP contribution is -2.49. The van der Waals surface area contributed by atoms with E-state index in [1.54, 1.807) is 4.31 Å². The summed E-state index contributed by atoms with van der Waals surface area (Å²) in [6, 6.07) is 3.92. The van der Waals surface area contributed by atoms with Crippen molar-refractivity contribution in [3.8, 4) is 0 Å². The number of rotatable bonds is 4. The van der Waals surface area contributed by atoms with E-state index in [-0.39, 0.29) is 0 Å². The van der Waals surface area contributed by atoms with Crippen LogP contribution in [0.3, 0.4) is 0 Å². The first kappa shape index (κ1) is 16.0. The molecule has 2 fully saturated rings. The van der Waals surface area contributed by atoms with Crippen LogP contribution in [0.1, 0.15) is 29.5 Å². The predicted molar refractivity (Wildman–Crippen MR) is 88.6 cm³/mol. The first-order chi connectivity index (χ1) is 10.4. The van der Waals surface area contributed by atoms with Crippen LogP contribution >= 0.6 is 0 Å². The smallest absolute Gasteiger partial charge is 0.243 e. The highest BCUT2D eigenvalue weighted by Gasteiger charge is 2.32. The number of sulfonamides is 1. The van der Waals surface area contributed by atoms with Crippen molar-refractivity contribution < 1.29 is 8.42 Å². The van der Waals surface area contributed by atoms with Crippen LogP contribution in [-0.2, 0) is 10.0 Å². The molecule has 1 aromatic carbocycles. The zero-order valence-electron chi connectivity index (χ0n) is 13.8. The molecule has 3 rings (SSSR count). The monoisotopic (exact) mass is 322 g/mol. The molecule has 1 aliphatic heterocycles. The van der Waals surface area contributed by atoms with Gasteiger partial charge in [-0.1, -0.05) is 17.7 Å². The van der Waals surface area contributed by atoms with Crippen LogP contribution in [-0.4, -0.2) is 50.3 Å². The fourth-order valence-electron chi connectivity index (χ4n) is 3.52. The standard InChI is InChI=1S/C17H26N2O2S/c1-13-10-14(2)17(15(3)11-13)22(20,21)19-8-6-18(7-9-19)12-16-4-5-16/h10-11,16H,4-9,12H2,1-3H3. The topological polar surface area (TPSA) is 40.6 Å². The Morgan fingerprint density at radius 2 is 1.55 bits per heavy atom. The fraction of sp³-hybridized carbons (Fsp3) is 0.647. The van der Waals surface area contributed by atoms with Gasteiger partial charge in [0, 0.05) is 32.7 Å². The highest BCUT2D eigenvalue weighted by molar-refractivity contribution is 7.89. The van der Waals surface area contributed by atoms with Gasteiger partial charge in [0.25, 0.3) is 0 Å². The third kappa shape index (κ3) is 3.21. The van der Waals surface area contributed by atoms with E-state index in [9.17, 15) is 8.42 Å². The summed E-state index contributed by atoms with van der Waals surface area (Å²) in [6.45, 7) is 9.90. The second-order valence-electron chi connectivity index (χ2n) is 6.88. The summed E-state index contributed by atoms with van der Waals surface area (Å²) in [4.78, 5) is 2.92. The maximum absolute atomic E-state index is 13.0. The van der Waals surface area contributed by atoms with E-state index in [0.717, 1.165) is 42.2 Å². The van der Waals surface area contributed by atoms with Crippen LogP contribution in [0.4, 0.5) is 0 Å². The van der Waals surface area contributed by atoms with Crippen molar-refractivity contribution in [2.75, 3.05) is 32.7 Å². The molecule has 0 amide bonds. The minimum atomic E-state index is -3.37. The summed E-state index contributed by atoms with van der Waals surface area (Å²) in [7, 11) is -3.37. The summed E-state index contributed by atoms with van der Waals surface area (Å²) >= 11 is 0. The van der Waals surface area contributed by atoms with Gasteiger partial charge >= 0.3 is 0 Å². The van der Waals surface area contributed by atoms with Gasteiger partial charge in [-0.15, -0.1) is 0 Å². The summed E-state index contributed by atoms with van der Waals surface area (Å²) in [5, 5.41) is 0. The quantitative estimate of drug-likeness (QED) is 0.854. The van der Waals surface area contributed by atoms with Crippen molar-refractivity contribution in [1.82, 2.24) is 9.21 Å². The largest absolute Gasteiger partial charge is 0.300 e. The average Bonchev–Trinajstić information content (AvgIpc) is 3.21. The van der Waals surface area contributed by atoms with Gasteiger partial charge in [0.1, 0.15) is 0 Å². The third-order valence-electron chi connectivity index (χ3n) is 4.75. The zero-order chi connectivity index (χ0) is 15.9. The molecule has 22 heavy (non-hydrogen) atoms. The second kappa shape index (κ2) is 5.95. The molecule has 1 saturated carbocycles. The van der Waals surface area contributed by atoms with E-state index in [0.29, 0.717) is 18.0 Å². The van der Waals surface area contributed by atoms with Crippen LogP contribution in [0.5, 0.6) is 0 Å². The van der Waals surface area contributed by atoms with E-state index in [4.69, 9.17) is 0 Å². The van der Waals surface area contributed by atoms with Gasteiger partial charge in [-0.05, 0) is 50.7 Å². The van der Waals surface area contributed by atoms with Crippen molar-refractivity contribution >= 4 is 10.0 Å². The number of piperazine rings is 1. The zero-order valence-corrected chi connectivity index (χ0v) is 14.6. The van der Waals surface area contributed by atoms with Crippen LogP contribution in [0, 0.1) is 26.7 Å². The molecule has 0 radical (unpaired) electrons. The summed E-state index contributed by atoms with van der Waals surface area (Å²) in [5.41, 5.74) is 2.83. The van der Waals surface area contributed by atoms with Crippen LogP contribution in [0.2, 0.25) is 0 Å². The Morgan fingerprint density at radius 1 is 1.00 bits per heavy atom. The van der Waals surface area contributed by atoms with Gasteiger partial charge in [-0.2, -0.15) is 4.31 Å². The van der Waals surface area contributed by atoms with Crippen molar-refractivity contribution in [3.05, 3.63) is 28.8 Å². The number of aryl methyl sites for hydroxylation is 3. The van der Waals surface area contributed by atoms with Crippen molar-refractivity contribution in [2.45, 2.75) is 38.5 Å². The fourth-order valence-corrected chi connectivity index (χ4v) is 5.35. The molecule has 5 heteroatoms. The summed E-state index contributed by atoms with van der Waals surface area (Å²) in [6.07, 6.45) is 2.69. The van der Waals surface area contributed by atoms with Gasteiger partial charge in [0.2, 0.25) is 10.0 Å². The Morgan fingerprint density at radius 3 is 2.05 bits per heavy atom. The first-order valence-electron chi connectivity index (χ1n) is 8.18. The van der Waals surface area contributed by atoms with Crippen LogP contribution < -0.4 is 0 Å². The summed E-state index contributed by atoms with van der Waals surface area (Å²) < 4.78 is 27.6. The van der Waals surface area contributed by atoms with Crippen molar-refractivity contribution in [1.29, 1.82) is 0 Å². The Bertz CT molecular complexity index is 634. The summed E-state index contributed by atoms with van der Waals surface area (Å²) in [5.74, 6) is 0.866. The minimum absolute atomic E-state index is 0.508. The SMILES string of the molecule is Cc1cc(C)c(S(=O)(=O)N2CCN(CC3CC3)CC2)c(C)c1. The van der Waals surface area contributed by atoms with Gasteiger partial charge < -0.3 is 4.90 Å². The van der Waals surface area contributed by atoms with Crippen LogP contribution in [0.25, 0.3) is 0 Å². The van der Waals surface area contributed by atoms with Crippen LogP contribution in [0.15, 0.2) is 17.0 Å². The lowest BCUT2D eigenvalue weighted by atomic mass is 10.1. The predicted octanol–water partition coefficient (Wildman–Crippen LogP) is 2.33. The molecular formula is C17H26N2O2S. The Hall–Kier alpha value is -0.910. The van der Waals surface area contributed by atoms with Gasteiger partial charge in [0.15, 0.2) is 0 Å². The first-order valence-corrected chi connectivity index (χ1v) is 9.62. The van der Waals surface area contributed by atoms with Gasteiger partial charge in [0.05, 0.1) is 4.90 Å². The van der Waals surface area contributed by atoms with E-state index in [1.807, 2.05) is 32.9 Å². The van der Waals surface area contributed by atoms with E-state index < -0.39 is 10.0 Å². The number of hydrogen-bond donors (Lipinski definition) is 0. The Kier molecular flexibility index (Phi) is 4.32. The highest BCUT2D eigenvalue weighted by atomic mass is 32.2. The van der Waals surface area contributed by atoms with E-state index in [2.05, 4.69) is 4.90 Å². The number of benzene rings is 1. The molecular weight excluding hydrogens is 296 g/mol. The lowest BCUT2D eigenvalue weighted by Gasteiger charge is -2.34. The van der Waals surface area contributed by atoms with Gasteiger partial charge in [-0.25, -0.2) is 8.42 Å². The molecule has 1 saturated heterocycles. The molecule has 1 aromatic rings. The van der Waals surface area contributed by atoms with Crippen molar-refractivity contribution in [2.24, 2.45) is 5.92 Å². The molecule has 0 aromatic heterocycles. The molecule has 0 bridgehead atoms. The number of hydrogen-bond acceptors (Lipinski definition) is 3. The molecule has 0 spiro atoms. The Labute approximate surface area is 134 Å². The maximum atomic E-state index is 13.0. The molecule has 1 aliphatic carbocycles. The van der Waals surface area contributed by atoms with E-state index in [1.165, 1.54) is 12.8 Å². The molecule has 2 aliphatic rings. The van der Waals surface area contributed by atoms with E-state index >= 15 is 0 Å². The molecule has 0 atom stereocenters. The van der Waals surface area contributed by atoms with Gasteiger partial charge in [-0.3, -0.25) is 0 Å². The Balaban J connectivity index is 1.76. The maximum Gasteiger partial charge on any atom is 0.243 e. The van der Waals surface area contributed by atoms with Crippen molar-refractivity contribution in [3.63, 3.8) is 0 Å². The second-order valence-corrected chi connectivity index (χ2v) is 8.75. The average molecular weight is 322 g/mol. The molecule has 0 N–H and O–H groups in total. The normalized spacial score (nSPS) is 21.2. The molecule has 0 unspecified atom stereocenters. The number of nitrogens with zero attached hydrogens (tertiary/aromatic N) is 2. The third-order valence-corrected chi connectivity index (χ3v) is 6.95. The molecule has 122 valence electrons.